The monoisotopic (exact) mass is 283 g/mol. The third-order valence-corrected chi connectivity index (χ3v) is 2.55. The number of phenolic OH excluding ortho intramolecular Hbond substituents is 1. The SMILES string of the molecule is N[C@@H](CC(F)(F)F)c1cc(O)ccc1Br. The van der Waals surface area contributed by atoms with E-state index in [1.54, 1.807) is 0 Å². The second-order valence-corrected chi connectivity index (χ2v) is 3.99. The lowest BCUT2D eigenvalue weighted by Gasteiger charge is -2.16. The van der Waals surface area contributed by atoms with Crippen molar-refractivity contribution in [3.05, 3.63) is 28.2 Å². The first-order chi connectivity index (χ1) is 6.79. The summed E-state index contributed by atoms with van der Waals surface area (Å²) in [6.45, 7) is 0. The number of rotatable bonds is 2. The summed E-state index contributed by atoms with van der Waals surface area (Å²) >= 11 is 3.08. The van der Waals surface area contributed by atoms with Crippen molar-refractivity contribution in [2.24, 2.45) is 5.73 Å². The first-order valence-corrected chi connectivity index (χ1v) is 4.89. The third-order valence-electron chi connectivity index (χ3n) is 1.83. The van der Waals surface area contributed by atoms with E-state index in [0.29, 0.717) is 4.47 Å². The van der Waals surface area contributed by atoms with Crippen LogP contribution in [0.5, 0.6) is 5.75 Å². The molecule has 0 saturated carbocycles. The molecule has 0 aromatic heterocycles. The summed E-state index contributed by atoms with van der Waals surface area (Å²) in [5.74, 6) is -0.106. The molecule has 1 aromatic carbocycles. The fraction of sp³-hybridized carbons (Fsp3) is 0.333. The summed E-state index contributed by atoms with van der Waals surface area (Å²) in [5, 5.41) is 9.13. The number of benzene rings is 1. The molecule has 1 rings (SSSR count). The van der Waals surface area contributed by atoms with E-state index < -0.39 is 18.6 Å². The molecule has 15 heavy (non-hydrogen) atoms. The van der Waals surface area contributed by atoms with Gasteiger partial charge in [0.2, 0.25) is 0 Å². The maximum Gasteiger partial charge on any atom is 0.390 e. The molecule has 3 N–H and O–H groups in total. The van der Waals surface area contributed by atoms with Gasteiger partial charge in [-0.3, -0.25) is 0 Å². The molecule has 2 nitrogen and oxygen atoms in total. The lowest BCUT2D eigenvalue weighted by molar-refractivity contribution is -0.138. The van der Waals surface area contributed by atoms with Crippen molar-refractivity contribution in [1.82, 2.24) is 0 Å². The molecule has 0 aliphatic rings. The van der Waals surface area contributed by atoms with E-state index in [1.165, 1.54) is 18.2 Å². The van der Waals surface area contributed by atoms with E-state index in [1.807, 2.05) is 0 Å². The van der Waals surface area contributed by atoms with Gasteiger partial charge >= 0.3 is 6.18 Å². The van der Waals surface area contributed by atoms with Gasteiger partial charge in [0.25, 0.3) is 0 Å². The second-order valence-electron chi connectivity index (χ2n) is 3.13. The highest BCUT2D eigenvalue weighted by molar-refractivity contribution is 9.10. The van der Waals surface area contributed by atoms with E-state index in [0.717, 1.165) is 0 Å². The first kappa shape index (κ1) is 12.3. The Morgan fingerprint density at radius 1 is 1.40 bits per heavy atom. The number of hydrogen-bond acceptors (Lipinski definition) is 2. The van der Waals surface area contributed by atoms with Crippen LogP contribution in [0.3, 0.4) is 0 Å². The molecule has 0 aliphatic heterocycles. The largest absolute Gasteiger partial charge is 0.508 e. The molecule has 6 heteroatoms. The molecule has 0 radical (unpaired) electrons. The Morgan fingerprint density at radius 3 is 2.53 bits per heavy atom. The van der Waals surface area contributed by atoms with Crippen LogP contribution in [0.15, 0.2) is 22.7 Å². The Balaban J connectivity index is 2.90. The molecule has 84 valence electrons. The third kappa shape index (κ3) is 3.71. The number of hydrogen-bond donors (Lipinski definition) is 2. The van der Waals surface area contributed by atoms with Gasteiger partial charge in [-0.25, -0.2) is 0 Å². The van der Waals surface area contributed by atoms with Gasteiger partial charge in [0.1, 0.15) is 5.75 Å². The minimum Gasteiger partial charge on any atom is -0.508 e. The Labute approximate surface area is 93.0 Å². The first-order valence-electron chi connectivity index (χ1n) is 4.10. The fourth-order valence-corrected chi connectivity index (χ4v) is 1.72. The van der Waals surface area contributed by atoms with Gasteiger partial charge < -0.3 is 10.8 Å². The molecular weight excluding hydrogens is 275 g/mol. The zero-order chi connectivity index (χ0) is 11.6. The normalized spacial score (nSPS) is 13.9. The lowest BCUT2D eigenvalue weighted by atomic mass is 10.0. The summed E-state index contributed by atoms with van der Waals surface area (Å²) in [4.78, 5) is 0. The van der Waals surface area contributed by atoms with Gasteiger partial charge in [-0.05, 0) is 23.8 Å². The molecule has 0 fully saturated rings. The molecule has 0 heterocycles. The van der Waals surface area contributed by atoms with Crippen LogP contribution >= 0.6 is 15.9 Å². The predicted molar refractivity (Wildman–Crippen MR) is 53.4 cm³/mol. The van der Waals surface area contributed by atoms with Crippen LogP contribution in [-0.2, 0) is 0 Å². The van der Waals surface area contributed by atoms with E-state index in [-0.39, 0.29) is 11.3 Å². The van der Waals surface area contributed by atoms with Crippen molar-refractivity contribution in [2.45, 2.75) is 18.6 Å². The number of phenols is 1. The molecule has 1 aromatic rings. The van der Waals surface area contributed by atoms with E-state index in [2.05, 4.69) is 15.9 Å². The van der Waals surface area contributed by atoms with E-state index in [9.17, 15) is 13.2 Å². The average Bonchev–Trinajstić information content (AvgIpc) is 2.06. The zero-order valence-corrected chi connectivity index (χ0v) is 9.14. The second kappa shape index (κ2) is 4.40. The summed E-state index contributed by atoms with van der Waals surface area (Å²) in [6.07, 6.45) is -5.43. The number of halogens is 4. The number of alkyl halides is 3. The molecule has 0 bridgehead atoms. The Hall–Kier alpha value is -0.750. The molecule has 0 amide bonds. The van der Waals surface area contributed by atoms with Crippen molar-refractivity contribution in [1.29, 1.82) is 0 Å². The Kier molecular flexibility index (Phi) is 3.62. The van der Waals surface area contributed by atoms with Gasteiger partial charge in [-0.1, -0.05) is 15.9 Å². The summed E-state index contributed by atoms with van der Waals surface area (Å²) < 4.78 is 36.7. The standard InChI is InChI=1S/C9H9BrF3NO/c10-7-2-1-5(15)3-6(7)8(14)4-9(11,12)13/h1-3,8,15H,4,14H2/t8-/m0/s1. The predicted octanol–water partition coefficient (Wildman–Crippen LogP) is 3.11. The average molecular weight is 284 g/mol. The zero-order valence-electron chi connectivity index (χ0n) is 7.55. The lowest BCUT2D eigenvalue weighted by Crippen LogP contribution is -2.20. The molecule has 0 unspecified atom stereocenters. The molecular formula is C9H9BrF3NO. The van der Waals surface area contributed by atoms with Crippen molar-refractivity contribution < 1.29 is 18.3 Å². The van der Waals surface area contributed by atoms with Crippen molar-refractivity contribution in [3.63, 3.8) is 0 Å². The van der Waals surface area contributed by atoms with Crippen LogP contribution in [0, 0.1) is 0 Å². The number of aromatic hydroxyl groups is 1. The molecule has 0 saturated heterocycles. The summed E-state index contributed by atoms with van der Waals surface area (Å²) in [6, 6.07) is 2.88. The van der Waals surface area contributed by atoms with Crippen LogP contribution in [-0.4, -0.2) is 11.3 Å². The maximum absolute atomic E-state index is 12.1. The highest BCUT2D eigenvalue weighted by atomic mass is 79.9. The van der Waals surface area contributed by atoms with Gasteiger partial charge in [0.15, 0.2) is 0 Å². The maximum atomic E-state index is 12.1. The van der Waals surface area contributed by atoms with Gasteiger partial charge in [-0.2, -0.15) is 13.2 Å². The molecule has 0 spiro atoms. The fourth-order valence-electron chi connectivity index (χ4n) is 1.17. The number of nitrogens with two attached hydrogens (primary N) is 1. The minimum atomic E-state index is -4.32. The van der Waals surface area contributed by atoms with E-state index in [4.69, 9.17) is 10.8 Å². The van der Waals surface area contributed by atoms with Gasteiger partial charge in [0, 0.05) is 10.5 Å². The van der Waals surface area contributed by atoms with E-state index >= 15 is 0 Å². The van der Waals surface area contributed by atoms with Crippen LogP contribution in [0.1, 0.15) is 18.0 Å². The van der Waals surface area contributed by atoms with Crippen LogP contribution in [0.25, 0.3) is 0 Å². The van der Waals surface area contributed by atoms with Crippen LogP contribution < -0.4 is 5.73 Å². The van der Waals surface area contributed by atoms with Crippen molar-refractivity contribution in [3.8, 4) is 5.75 Å². The molecule has 0 aliphatic carbocycles. The van der Waals surface area contributed by atoms with Crippen LogP contribution in [0.4, 0.5) is 13.2 Å². The molecule has 1 atom stereocenters. The van der Waals surface area contributed by atoms with Crippen molar-refractivity contribution in [2.75, 3.05) is 0 Å². The minimum absolute atomic E-state index is 0.106. The highest BCUT2D eigenvalue weighted by Gasteiger charge is 2.31. The summed E-state index contributed by atoms with van der Waals surface area (Å²) in [7, 11) is 0. The smallest absolute Gasteiger partial charge is 0.390 e. The van der Waals surface area contributed by atoms with Crippen LogP contribution in [0.2, 0.25) is 0 Å². The highest BCUT2D eigenvalue weighted by Crippen LogP contribution is 2.33. The van der Waals surface area contributed by atoms with Gasteiger partial charge in [0.05, 0.1) is 6.42 Å². The Morgan fingerprint density at radius 2 is 2.00 bits per heavy atom. The topological polar surface area (TPSA) is 46.2 Å². The van der Waals surface area contributed by atoms with Crippen molar-refractivity contribution >= 4 is 15.9 Å². The van der Waals surface area contributed by atoms with Gasteiger partial charge in [-0.15, -0.1) is 0 Å². The summed E-state index contributed by atoms with van der Waals surface area (Å²) in [5.41, 5.74) is 5.63. The quantitative estimate of drug-likeness (QED) is 0.876. The Bertz CT molecular complexity index is 354.